The molecule has 0 radical (unpaired) electrons. The molecule has 0 saturated heterocycles. The summed E-state index contributed by atoms with van der Waals surface area (Å²) in [4.78, 5) is 22.0. The van der Waals surface area contributed by atoms with E-state index >= 15 is 0 Å². The van der Waals surface area contributed by atoms with Gasteiger partial charge in [-0.2, -0.15) is 0 Å². The molecule has 0 saturated carbocycles. The van der Waals surface area contributed by atoms with E-state index in [1.165, 1.54) is 0 Å². The van der Waals surface area contributed by atoms with Gasteiger partial charge in [-0.3, -0.25) is 9.59 Å². The van der Waals surface area contributed by atoms with Crippen LogP contribution in [0.5, 0.6) is 0 Å². The number of aliphatic hydroxyl groups excluding tert-OH is 3. The molecule has 0 aromatic carbocycles. The minimum atomic E-state index is -2.75. The molecule has 0 spiro atoms. The number of rotatable bonds is 5. The predicted molar refractivity (Wildman–Crippen MR) is 53.3 cm³/mol. The van der Waals surface area contributed by atoms with Gasteiger partial charge >= 0.3 is 0 Å². The second-order valence-electron chi connectivity index (χ2n) is 3.27. The van der Waals surface area contributed by atoms with Crippen LogP contribution in [0.4, 0.5) is 0 Å². The van der Waals surface area contributed by atoms with Gasteiger partial charge in [-0.25, -0.2) is 0 Å². The molecule has 4 atom stereocenters. The topological polar surface area (TPSA) is 115 Å². The van der Waals surface area contributed by atoms with E-state index in [2.05, 4.69) is 15.9 Å². The van der Waals surface area contributed by atoms with Gasteiger partial charge in [0.05, 0.1) is 6.10 Å². The standard InChI is InChI=1S/C8H13BrO6/c1-3(10)5(12)6(13)8(15,4(2)11)7(9)14/h3,5-6,10,12-13,15H,1-2H3/t3-,5-,6+,8+/m0/s1. The number of aliphatic hydroxyl groups is 4. The maximum Gasteiger partial charge on any atom is 0.239 e. The van der Waals surface area contributed by atoms with E-state index in [-0.39, 0.29) is 0 Å². The number of halogens is 1. The lowest BCUT2D eigenvalue weighted by Crippen LogP contribution is -2.59. The van der Waals surface area contributed by atoms with Crippen LogP contribution < -0.4 is 0 Å². The number of hydrogen-bond donors (Lipinski definition) is 4. The van der Waals surface area contributed by atoms with Gasteiger partial charge in [-0.1, -0.05) is 0 Å². The summed E-state index contributed by atoms with van der Waals surface area (Å²) >= 11 is 2.35. The van der Waals surface area contributed by atoms with Crippen molar-refractivity contribution in [1.29, 1.82) is 0 Å². The molecular formula is C8H13BrO6. The third-order valence-electron chi connectivity index (χ3n) is 2.08. The average Bonchev–Trinajstić information content (AvgIpc) is 2.13. The molecule has 0 amide bonds. The molecule has 15 heavy (non-hydrogen) atoms. The highest BCUT2D eigenvalue weighted by atomic mass is 79.9. The summed E-state index contributed by atoms with van der Waals surface area (Å²) in [6.45, 7) is 2.03. The number of carbonyl (C=O) groups excluding carboxylic acids is 2. The molecular weight excluding hydrogens is 272 g/mol. The lowest BCUT2D eigenvalue weighted by Gasteiger charge is -2.31. The SMILES string of the molecule is CC(=O)[C@](O)(C(=O)Br)[C@H](O)[C@@H](O)[C@H](C)O. The average molecular weight is 285 g/mol. The maximum atomic E-state index is 11.0. The predicted octanol–water partition coefficient (Wildman–Crippen LogP) is -1.67. The Morgan fingerprint density at radius 2 is 1.67 bits per heavy atom. The summed E-state index contributed by atoms with van der Waals surface area (Å²) in [6.07, 6.45) is -5.29. The normalized spacial score (nSPS) is 21.3. The van der Waals surface area contributed by atoms with E-state index in [0.717, 1.165) is 13.8 Å². The van der Waals surface area contributed by atoms with E-state index in [0.29, 0.717) is 0 Å². The minimum Gasteiger partial charge on any atom is -0.391 e. The Labute approximate surface area is 94.7 Å². The van der Waals surface area contributed by atoms with Crippen molar-refractivity contribution in [1.82, 2.24) is 0 Å². The van der Waals surface area contributed by atoms with E-state index in [4.69, 9.17) is 5.11 Å². The fraction of sp³-hybridized carbons (Fsp3) is 0.750. The first-order chi connectivity index (χ1) is 6.65. The maximum absolute atomic E-state index is 11.0. The van der Waals surface area contributed by atoms with Crippen LogP contribution in [-0.2, 0) is 9.59 Å². The Kier molecular flexibility index (Phi) is 5.01. The third kappa shape index (κ3) is 2.82. The summed E-state index contributed by atoms with van der Waals surface area (Å²) in [5.41, 5.74) is -2.75. The van der Waals surface area contributed by atoms with Crippen LogP contribution in [0.2, 0.25) is 0 Å². The third-order valence-corrected chi connectivity index (χ3v) is 2.69. The highest BCUT2D eigenvalue weighted by Crippen LogP contribution is 2.21. The van der Waals surface area contributed by atoms with Crippen molar-refractivity contribution in [3.63, 3.8) is 0 Å². The van der Waals surface area contributed by atoms with Crippen LogP contribution in [0.25, 0.3) is 0 Å². The summed E-state index contributed by atoms with van der Waals surface area (Å²) in [5.74, 6) is -1.03. The Balaban J connectivity index is 5.12. The van der Waals surface area contributed by atoms with Crippen LogP contribution in [0.3, 0.4) is 0 Å². The minimum absolute atomic E-state index is 0.886. The van der Waals surface area contributed by atoms with Crippen LogP contribution in [-0.4, -0.2) is 54.8 Å². The monoisotopic (exact) mass is 284 g/mol. The van der Waals surface area contributed by atoms with E-state index < -0.39 is 34.4 Å². The van der Waals surface area contributed by atoms with Crippen LogP contribution in [0, 0.1) is 0 Å². The molecule has 0 rings (SSSR count). The number of ketones is 1. The molecule has 0 bridgehead atoms. The van der Waals surface area contributed by atoms with Crippen molar-refractivity contribution in [2.75, 3.05) is 0 Å². The second kappa shape index (κ2) is 5.13. The van der Waals surface area contributed by atoms with Gasteiger partial charge in [0, 0.05) is 0 Å². The van der Waals surface area contributed by atoms with Gasteiger partial charge in [-0.05, 0) is 29.8 Å². The summed E-state index contributed by atoms with van der Waals surface area (Å²) in [6, 6.07) is 0. The molecule has 0 aliphatic rings. The van der Waals surface area contributed by atoms with Crippen LogP contribution in [0.15, 0.2) is 0 Å². The first-order valence-electron chi connectivity index (χ1n) is 4.13. The lowest BCUT2D eigenvalue weighted by molar-refractivity contribution is -0.171. The molecule has 0 aromatic rings. The van der Waals surface area contributed by atoms with Crippen LogP contribution in [0.1, 0.15) is 13.8 Å². The Morgan fingerprint density at radius 3 is 1.87 bits per heavy atom. The summed E-state index contributed by atoms with van der Waals surface area (Å²) < 4.78 is -1.17. The Morgan fingerprint density at radius 1 is 1.27 bits per heavy atom. The Bertz CT molecular complexity index is 250. The summed E-state index contributed by atoms with van der Waals surface area (Å²) in [7, 11) is 0. The zero-order chi connectivity index (χ0) is 12.4. The van der Waals surface area contributed by atoms with Crippen molar-refractivity contribution >= 4 is 26.4 Å². The van der Waals surface area contributed by atoms with E-state index in [9.17, 15) is 24.9 Å². The largest absolute Gasteiger partial charge is 0.391 e. The fourth-order valence-corrected chi connectivity index (χ4v) is 1.49. The van der Waals surface area contributed by atoms with Gasteiger partial charge in [0.25, 0.3) is 0 Å². The quantitative estimate of drug-likeness (QED) is 0.355. The molecule has 0 aliphatic carbocycles. The smallest absolute Gasteiger partial charge is 0.239 e. The fourth-order valence-electron chi connectivity index (χ4n) is 0.974. The van der Waals surface area contributed by atoms with Crippen molar-refractivity contribution in [3.05, 3.63) is 0 Å². The van der Waals surface area contributed by atoms with E-state index in [1.54, 1.807) is 0 Å². The zero-order valence-electron chi connectivity index (χ0n) is 8.22. The highest BCUT2D eigenvalue weighted by Gasteiger charge is 2.50. The van der Waals surface area contributed by atoms with Gasteiger partial charge in [-0.15, -0.1) is 0 Å². The Hall–Kier alpha value is -0.340. The van der Waals surface area contributed by atoms with Gasteiger partial charge < -0.3 is 20.4 Å². The number of Topliss-reactive ketones (excluding diaryl/α,β-unsaturated/α-hetero) is 1. The van der Waals surface area contributed by atoms with Crippen molar-refractivity contribution in [2.24, 2.45) is 0 Å². The zero-order valence-corrected chi connectivity index (χ0v) is 9.80. The van der Waals surface area contributed by atoms with Gasteiger partial charge in [0.15, 0.2) is 5.78 Å². The molecule has 0 aliphatic heterocycles. The van der Waals surface area contributed by atoms with Crippen molar-refractivity contribution in [3.8, 4) is 0 Å². The first-order valence-corrected chi connectivity index (χ1v) is 4.92. The van der Waals surface area contributed by atoms with Crippen molar-refractivity contribution in [2.45, 2.75) is 37.8 Å². The van der Waals surface area contributed by atoms with Gasteiger partial charge in [0.1, 0.15) is 12.2 Å². The second-order valence-corrected chi connectivity index (χ2v) is 3.99. The number of carbonyl (C=O) groups is 2. The van der Waals surface area contributed by atoms with E-state index in [1.807, 2.05) is 0 Å². The highest BCUT2D eigenvalue weighted by molar-refractivity contribution is 9.18. The summed E-state index contributed by atoms with van der Waals surface area (Å²) in [5, 5.41) is 37.2. The molecule has 0 heterocycles. The van der Waals surface area contributed by atoms with Crippen molar-refractivity contribution < 1.29 is 30.0 Å². The molecule has 0 fully saturated rings. The molecule has 4 N–H and O–H groups in total. The van der Waals surface area contributed by atoms with Crippen LogP contribution >= 0.6 is 15.9 Å². The van der Waals surface area contributed by atoms with Gasteiger partial charge in [0.2, 0.25) is 10.3 Å². The molecule has 7 heteroatoms. The lowest BCUT2D eigenvalue weighted by atomic mass is 9.88. The first kappa shape index (κ1) is 14.7. The molecule has 6 nitrogen and oxygen atoms in total. The number of hydrogen-bond acceptors (Lipinski definition) is 6. The molecule has 0 unspecified atom stereocenters. The molecule has 88 valence electrons. The molecule has 0 aromatic heterocycles.